The molecular formula is C27H27N3. The Labute approximate surface area is 178 Å². The molecule has 1 saturated carbocycles. The lowest BCUT2D eigenvalue weighted by molar-refractivity contribution is 0.358. The molecule has 3 nitrogen and oxygen atoms in total. The van der Waals surface area contributed by atoms with Gasteiger partial charge in [0.05, 0.1) is 11.4 Å². The highest BCUT2D eigenvalue weighted by molar-refractivity contribution is 5.81. The molecule has 0 bridgehead atoms. The number of rotatable bonds is 5. The standard InChI is InChI=1S/C27H27N3/c1-5-13-21(14-6-1)25-26(22-15-7-2-8-16-22)30(24-19-11-4-12-20-24)27(29-25)28-23-17-9-3-10-18-23/h1-3,5-10,13-18,24H,4,11-12,19-20H2,(H,28,29). The summed E-state index contributed by atoms with van der Waals surface area (Å²) in [6.07, 6.45) is 6.30. The Morgan fingerprint density at radius 2 is 1.23 bits per heavy atom. The normalized spacial score (nSPS) is 14.5. The van der Waals surface area contributed by atoms with E-state index in [0.717, 1.165) is 22.9 Å². The second kappa shape index (κ2) is 8.58. The van der Waals surface area contributed by atoms with E-state index >= 15 is 0 Å². The molecule has 1 aliphatic rings. The smallest absolute Gasteiger partial charge is 0.208 e. The van der Waals surface area contributed by atoms with Crippen LogP contribution in [0.3, 0.4) is 0 Å². The number of hydrogen-bond donors (Lipinski definition) is 1. The van der Waals surface area contributed by atoms with Crippen molar-refractivity contribution in [2.75, 3.05) is 5.32 Å². The SMILES string of the molecule is c1ccc(Nc2nc(-c3ccccc3)c(-c3ccccc3)n2C2CCCCC2)cc1. The highest BCUT2D eigenvalue weighted by Gasteiger charge is 2.26. The fourth-order valence-electron chi connectivity index (χ4n) is 4.54. The minimum absolute atomic E-state index is 0.463. The molecular weight excluding hydrogens is 366 g/mol. The molecule has 1 fully saturated rings. The second-order valence-corrected chi connectivity index (χ2v) is 8.02. The number of benzene rings is 3. The molecule has 4 aromatic rings. The minimum atomic E-state index is 0.463. The first-order valence-electron chi connectivity index (χ1n) is 11.0. The quantitative estimate of drug-likeness (QED) is 0.381. The summed E-state index contributed by atoms with van der Waals surface area (Å²) in [4.78, 5) is 5.18. The molecule has 0 radical (unpaired) electrons. The van der Waals surface area contributed by atoms with Gasteiger partial charge in [-0.1, -0.05) is 98.1 Å². The van der Waals surface area contributed by atoms with E-state index in [4.69, 9.17) is 4.98 Å². The molecule has 1 heterocycles. The zero-order chi connectivity index (χ0) is 20.2. The van der Waals surface area contributed by atoms with E-state index in [2.05, 4.69) is 94.8 Å². The van der Waals surface area contributed by atoms with Crippen LogP contribution in [0.2, 0.25) is 0 Å². The van der Waals surface area contributed by atoms with Gasteiger partial charge in [-0.05, 0) is 25.0 Å². The molecule has 3 heteroatoms. The van der Waals surface area contributed by atoms with E-state index < -0.39 is 0 Å². The maximum absolute atomic E-state index is 5.18. The summed E-state index contributed by atoms with van der Waals surface area (Å²) in [5, 5.41) is 3.62. The summed E-state index contributed by atoms with van der Waals surface area (Å²) in [6, 6.07) is 32.1. The van der Waals surface area contributed by atoms with E-state index in [1.807, 2.05) is 6.07 Å². The molecule has 1 aliphatic carbocycles. The fourth-order valence-corrected chi connectivity index (χ4v) is 4.54. The molecule has 0 aliphatic heterocycles. The van der Waals surface area contributed by atoms with Crippen molar-refractivity contribution < 1.29 is 0 Å². The van der Waals surface area contributed by atoms with Gasteiger partial charge in [0.15, 0.2) is 0 Å². The second-order valence-electron chi connectivity index (χ2n) is 8.02. The van der Waals surface area contributed by atoms with Gasteiger partial charge < -0.3 is 9.88 Å². The Hall–Kier alpha value is -3.33. The van der Waals surface area contributed by atoms with Crippen molar-refractivity contribution >= 4 is 11.6 Å². The molecule has 0 saturated heterocycles. The van der Waals surface area contributed by atoms with Crippen LogP contribution in [-0.4, -0.2) is 9.55 Å². The third-order valence-electron chi connectivity index (χ3n) is 5.98. The van der Waals surface area contributed by atoms with Crippen molar-refractivity contribution in [3.63, 3.8) is 0 Å². The first kappa shape index (κ1) is 18.7. The van der Waals surface area contributed by atoms with E-state index in [1.165, 1.54) is 43.4 Å². The van der Waals surface area contributed by atoms with Crippen LogP contribution in [0, 0.1) is 0 Å². The Bertz CT molecular complexity index is 1080. The summed E-state index contributed by atoms with van der Waals surface area (Å²) in [7, 11) is 0. The molecule has 0 spiro atoms. The fraction of sp³-hybridized carbons (Fsp3) is 0.222. The molecule has 150 valence electrons. The lowest BCUT2D eigenvalue weighted by Gasteiger charge is -2.27. The number of aromatic nitrogens is 2. The third-order valence-corrected chi connectivity index (χ3v) is 5.98. The Morgan fingerprint density at radius 3 is 1.87 bits per heavy atom. The zero-order valence-electron chi connectivity index (χ0n) is 17.2. The van der Waals surface area contributed by atoms with Gasteiger partial charge in [-0.3, -0.25) is 0 Å². The van der Waals surface area contributed by atoms with Crippen LogP contribution in [0.4, 0.5) is 11.6 Å². The van der Waals surface area contributed by atoms with Gasteiger partial charge in [-0.15, -0.1) is 0 Å². The molecule has 0 amide bonds. The minimum Gasteiger partial charge on any atom is -0.326 e. The molecule has 1 aromatic heterocycles. The monoisotopic (exact) mass is 393 g/mol. The first-order valence-corrected chi connectivity index (χ1v) is 11.0. The van der Waals surface area contributed by atoms with Crippen LogP contribution in [0.15, 0.2) is 91.0 Å². The summed E-state index contributed by atoms with van der Waals surface area (Å²) < 4.78 is 2.48. The average Bonchev–Trinajstić information content (AvgIpc) is 3.20. The first-order chi connectivity index (χ1) is 14.9. The van der Waals surface area contributed by atoms with E-state index in [1.54, 1.807) is 0 Å². The number of imidazole rings is 1. The maximum Gasteiger partial charge on any atom is 0.208 e. The third kappa shape index (κ3) is 3.76. The number of nitrogens with zero attached hydrogens (tertiary/aromatic N) is 2. The molecule has 0 unspecified atom stereocenters. The Balaban J connectivity index is 1.72. The molecule has 5 rings (SSSR count). The van der Waals surface area contributed by atoms with E-state index in [-0.39, 0.29) is 0 Å². The van der Waals surface area contributed by atoms with Crippen molar-refractivity contribution in [3.8, 4) is 22.5 Å². The van der Waals surface area contributed by atoms with Crippen LogP contribution in [-0.2, 0) is 0 Å². The van der Waals surface area contributed by atoms with Gasteiger partial charge in [0, 0.05) is 22.9 Å². The summed E-state index contributed by atoms with van der Waals surface area (Å²) in [5.41, 5.74) is 5.70. The molecule has 1 N–H and O–H groups in total. The summed E-state index contributed by atoms with van der Waals surface area (Å²) in [5.74, 6) is 0.936. The molecule has 30 heavy (non-hydrogen) atoms. The van der Waals surface area contributed by atoms with Gasteiger partial charge >= 0.3 is 0 Å². The summed E-state index contributed by atoms with van der Waals surface area (Å²) in [6.45, 7) is 0. The van der Waals surface area contributed by atoms with Crippen molar-refractivity contribution in [2.24, 2.45) is 0 Å². The van der Waals surface area contributed by atoms with Crippen molar-refractivity contribution in [1.82, 2.24) is 9.55 Å². The van der Waals surface area contributed by atoms with Crippen molar-refractivity contribution in [1.29, 1.82) is 0 Å². The number of para-hydroxylation sites is 1. The van der Waals surface area contributed by atoms with Crippen LogP contribution < -0.4 is 5.32 Å². The van der Waals surface area contributed by atoms with Gasteiger partial charge in [-0.25, -0.2) is 4.98 Å². The number of nitrogens with one attached hydrogen (secondary N) is 1. The topological polar surface area (TPSA) is 29.9 Å². The van der Waals surface area contributed by atoms with Crippen LogP contribution >= 0.6 is 0 Å². The van der Waals surface area contributed by atoms with Gasteiger partial charge in [0.25, 0.3) is 0 Å². The van der Waals surface area contributed by atoms with Gasteiger partial charge in [-0.2, -0.15) is 0 Å². The molecule has 0 atom stereocenters. The van der Waals surface area contributed by atoms with E-state index in [0.29, 0.717) is 6.04 Å². The predicted octanol–water partition coefficient (Wildman–Crippen LogP) is 7.47. The highest BCUT2D eigenvalue weighted by Crippen LogP contribution is 2.41. The molecule has 3 aromatic carbocycles. The van der Waals surface area contributed by atoms with Crippen molar-refractivity contribution in [3.05, 3.63) is 91.0 Å². The lowest BCUT2D eigenvalue weighted by Crippen LogP contribution is -2.16. The van der Waals surface area contributed by atoms with Crippen LogP contribution in [0.25, 0.3) is 22.5 Å². The Kier molecular flexibility index (Phi) is 5.34. The largest absolute Gasteiger partial charge is 0.326 e. The van der Waals surface area contributed by atoms with Gasteiger partial charge in [0.1, 0.15) is 0 Å². The van der Waals surface area contributed by atoms with Crippen LogP contribution in [0.5, 0.6) is 0 Å². The Morgan fingerprint density at radius 1 is 0.667 bits per heavy atom. The van der Waals surface area contributed by atoms with Gasteiger partial charge in [0.2, 0.25) is 5.95 Å². The summed E-state index contributed by atoms with van der Waals surface area (Å²) >= 11 is 0. The highest BCUT2D eigenvalue weighted by atomic mass is 15.2. The average molecular weight is 394 g/mol. The van der Waals surface area contributed by atoms with Crippen LogP contribution in [0.1, 0.15) is 38.1 Å². The van der Waals surface area contributed by atoms with Crippen molar-refractivity contribution in [2.45, 2.75) is 38.1 Å². The maximum atomic E-state index is 5.18. The van der Waals surface area contributed by atoms with E-state index in [9.17, 15) is 0 Å². The predicted molar refractivity (Wildman–Crippen MR) is 125 cm³/mol. The lowest BCUT2D eigenvalue weighted by atomic mass is 9.94. The number of hydrogen-bond acceptors (Lipinski definition) is 2. The number of anilines is 2. The zero-order valence-corrected chi connectivity index (χ0v) is 17.2.